The van der Waals surface area contributed by atoms with Crippen molar-refractivity contribution in [2.75, 3.05) is 6.26 Å². The molecule has 1 fully saturated rings. The molecule has 0 spiro atoms. The first-order valence-electron chi connectivity index (χ1n) is 8.60. The number of fused-ring (bicyclic) bond motifs is 1. The van der Waals surface area contributed by atoms with E-state index in [1.165, 1.54) is 6.42 Å². The molecule has 2 N–H and O–H groups in total. The van der Waals surface area contributed by atoms with E-state index in [0.29, 0.717) is 11.3 Å². The van der Waals surface area contributed by atoms with E-state index in [2.05, 4.69) is 45.5 Å². The quantitative estimate of drug-likeness (QED) is 0.866. The number of nitrogens with one attached hydrogen (secondary N) is 2. The van der Waals surface area contributed by atoms with Gasteiger partial charge in [-0.25, -0.2) is 4.79 Å². The SMILES string of the molecule is CS[C@@H]1CC[C@@H](NC(=O)N[C@H](c2nnc3n2CCC3)C(C)C)C1. The molecule has 1 aliphatic heterocycles. The summed E-state index contributed by atoms with van der Waals surface area (Å²) in [6.45, 7) is 5.18. The maximum absolute atomic E-state index is 12.4. The molecule has 3 atom stereocenters. The number of nitrogens with zero attached hydrogens (tertiary/aromatic N) is 3. The van der Waals surface area contributed by atoms with Gasteiger partial charge in [0.15, 0.2) is 5.82 Å². The maximum atomic E-state index is 12.4. The highest BCUT2D eigenvalue weighted by Gasteiger charge is 2.29. The van der Waals surface area contributed by atoms with Gasteiger partial charge in [0.1, 0.15) is 5.82 Å². The molecule has 1 aromatic rings. The molecule has 0 aromatic carbocycles. The van der Waals surface area contributed by atoms with E-state index in [1.54, 1.807) is 0 Å². The standard InChI is InChI=1S/C16H27N5OS/c1-10(2)14(15-20-19-13-5-4-8-21(13)15)18-16(22)17-11-6-7-12(9-11)23-3/h10-12,14H,4-9H2,1-3H3,(H2,17,18,22)/t11-,12-,14+/m1/s1. The lowest BCUT2D eigenvalue weighted by atomic mass is 10.0. The summed E-state index contributed by atoms with van der Waals surface area (Å²) in [7, 11) is 0. The molecule has 1 aromatic heterocycles. The van der Waals surface area contributed by atoms with Gasteiger partial charge in [0.05, 0.1) is 6.04 Å². The van der Waals surface area contributed by atoms with E-state index in [-0.39, 0.29) is 18.0 Å². The van der Waals surface area contributed by atoms with Crippen LogP contribution in [0.3, 0.4) is 0 Å². The Hall–Kier alpha value is -1.24. The molecular weight excluding hydrogens is 310 g/mol. The van der Waals surface area contributed by atoms with E-state index in [4.69, 9.17) is 0 Å². The monoisotopic (exact) mass is 337 g/mol. The van der Waals surface area contributed by atoms with E-state index in [1.807, 2.05) is 11.8 Å². The molecule has 1 aliphatic carbocycles. The fourth-order valence-corrected chi connectivity index (χ4v) is 4.38. The van der Waals surface area contributed by atoms with Gasteiger partial charge in [-0.15, -0.1) is 10.2 Å². The number of carbonyl (C=O) groups excluding carboxylic acids is 1. The topological polar surface area (TPSA) is 71.8 Å². The van der Waals surface area contributed by atoms with Crippen molar-refractivity contribution < 1.29 is 4.79 Å². The number of thioether (sulfide) groups is 1. The number of aromatic nitrogens is 3. The Morgan fingerprint density at radius 2 is 2.17 bits per heavy atom. The van der Waals surface area contributed by atoms with Crippen LogP contribution in [0.4, 0.5) is 4.79 Å². The summed E-state index contributed by atoms with van der Waals surface area (Å²) < 4.78 is 2.17. The van der Waals surface area contributed by atoms with Crippen molar-refractivity contribution in [2.24, 2.45) is 5.92 Å². The van der Waals surface area contributed by atoms with Gasteiger partial charge in [0.25, 0.3) is 0 Å². The van der Waals surface area contributed by atoms with Crippen LogP contribution in [0, 0.1) is 5.92 Å². The molecule has 0 saturated heterocycles. The molecule has 0 radical (unpaired) electrons. The number of hydrogen-bond acceptors (Lipinski definition) is 4. The summed E-state index contributed by atoms with van der Waals surface area (Å²) in [4.78, 5) is 12.4. The van der Waals surface area contributed by atoms with Gasteiger partial charge in [-0.2, -0.15) is 11.8 Å². The Balaban J connectivity index is 1.62. The van der Waals surface area contributed by atoms with Crippen molar-refractivity contribution in [1.29, 1.82) is 0 Å². The molecule has 3 rings (SSSR count). The van der Waals surface area contributed by atoms with Crippen LogP contribution in [0.2, 0.25) is 0 Å². The molecule has 7 heteroatoms. The predicted octanol–water partition coefficient (Wildman–Crippen LogP) is 2.50. The first-order valence-corrected chi connectivity index (χ1v) is 9.89. The predicted molar refractivity (Wildman–Crippen MR) is 92.5 cm³/mol. The highest BCUT2D eigenvalue weighted by atomic mass is 32.2. The number of hydrogen-bond donors (Lipinski definition) is 2. The molecule has 6 nitrogen and oxygen atoms in total. The molecule has 0 unspecified atom stereocenters. The molecular formula is C16H27N5OS. The van der Waals surface area contributed by atoms with Crippen molar-refractivity contribution in [2.45, 2.75) is 69.8 Å². The van der Waals surface area contributed by atoms with Crippen LogP contribution in [0.5, 0.6) is 0 Å². The third-order valence-corrected chi connectivity index (χ3v) is 6.02. The van der Waals surface area contributed by atoms with Crippen molar-refractivity contribution in [3.05, 3.63) is 11.6 Å². The summed E-state index contributed by atoms with van der Waals surface area (Å²) in [6.07, 6.45) is 7.59. The third-order valence-electron chi connectivity index (χ3n) is 4.92. The number of urea groups is 1. The summed E-state index contributed by atoms with van der Waals surface area (Å²) in [5.74, 6) is 2.22. The van der Waals surface area contributed by atoms with E-state index in [9.17, 15) is 4.79 Å². The van der Waals surface area contributed by atoms with Gasteiger partial charge in [-0.3, -0.25) is 0 Å². The minimum absolute atomic E-state index is 0.0780. The average molecular weight is 337 g/mol. The Labute approximate surface area is 142 Å². The zero-order chi connectivity index (χ0) is 16.4. The lowest BCUT2D eigenvalue weighted by Gasteiger charge is -2.23. The van der Waals surface area contributed by atoms with Crippen molar-refractivity contribution in [3.8, 4) is 0 Å². The molecule has 23 heavy (non-hydrogen) atoms. The zero-order valence-corrected chi connectivity index (χ0v) is 15.0. The summed E-state index contributed by atoms with van der Waals surface area (Å²) in [5.41, 5.74) is 0. The molecule has 2 aliphatic rings. The van der Waals surface area contributed by atoms with Gasteiger partial charge in [-0.05, 0) is 37.9 Å². The van der Waals surface area contributed by atoms with Crippen LogP contribution in [0.1, 0.15) is 57.2 Å². The number of aryl methyl sites for hydroxylation is 1. The van der Waals surface area contributed by atoms with E-state index in [0.717, 1.165) is 43.9 Å². The molecule has 1 saturated carbocycles. The normalized spacial score (nSPS) is 24.7. The first-order chi connectivity index (χ1) is 11.1. The van der Waals surface area contributed by atoms with Crippen molar-refractivity contribution in [1.82, 2.24) is 25.4 Å². The van der Waals surface area contributed by atoms with Gasteiger partial charge < -0.3 is 15.2 Å². The molecule has 128 valence electrons. The van der Waals surface area contributed by atoms with E-state index < -0.39 is 0 Å². The summed E-state index contributed by atoms with van der Waals surface area (Å²) in [5, 5.41) is 15.6. The number of amides is 2. The minimum atomic E-state index is -0.0906. The van der Waals surface area contributed by atoms with Gasteiger partial charge in [0.2, 0.25) is 0 Å². The fraction of sp³-hybridized carbons (Fsp3) is 0.812. The second-order valence-corrected chi connectivity index (χ2v) is 8.07. The van der Waals surface area contributed by atoms with Crippen LogP contribution in [0.25, 0.3) is 0 Å². The number of carbonyl (C=O) groups is 1. The second kappa shape index (κ2) is 7.11. The van der Waals surface area contributed by atoms with Crippen LogP contribution in [-0.4, -0.2) is 38.3 Å². The lowest BCUT2D eigenvalue weighted by molar-refractivity contribution is 0.228. The van der Waals surface area contributed by atoms with Gasteiger partial charge in [0, 0.05) is 24.3 Å². The Bertz CT molecular complexity index is 559. The highest BCUT2D eigenvalue weighted by Crippen LogP contribution is 2.28. The lowest BCUT2D eigenvalue weighted by Crippen LogP contribution is -2.44. The zero-order valence-electron chi connectivity index (χ0n) is 14.2. The van der Waals surface area contributed by atoms with Crippen LogP contribution in [-0.2, 0) is 13.0 Å². The van der Waals surface area contributed by atoms with Gasteiger partial charge in [-0.1, -0.05) is 13.8 Å². The largest absolute Gasteiger partial charge is 0.335 e. The van der Waals surface area contributed by atoms with E-state index >= 15 is 0 Å². The Morgan fingerprint density at radius 1 is 1.35 bits per heavy atom. The number of rotatable bonds is 5. The smallest absolute Gasteiger partial charge is 0.315 e. The van der Waals surface area contributed by atoms with Crippen LogP contribution >= 0.6 is 11.8 Å². The van der Waals surface area contributed by atoms with Gasteiger partial charge >= 0.3 is 6.03 Å². The van der Waals surface area contributed by atoms with Crippen LogP contribution < -0.4 is 10.6 Å². The second-order valence-electron chi connectivity index (χ2n) is 6.94. The van der Waals surface area contributed by atoms with Crippen LogP contribution in [0.15, 0.2) is 0 Å². The Kier molecular flexibility index (Phi) is 5.14. The summed E-state index contributed by atoms with van der Waals surface area (Å²) >= 11 is 1.90. The molecule has 2 amide bonds. The van der Waals surface area contributed by atoms with Crippen molar-refractivity contribution >= 4 is 17.8 Å². The molecule has 0 bridgehead atoms. The Morgan fingerprint density at radius 3 is 2.87 bits per heavy atom. The maximum Gasteiger partial charge on any atom is 0.315 e. The first kappa shape index (κ1) is 16.6. The highest BCUT2D eigenvalue weighted by molar-refractivity contribution is 7.99. The average Bonchev–Trinajstić information content (AvgIpc) is 3.21. The summed E-state index contributed by atoms with van der Waals surface area (Å²) in [6, 6.07) is 0.127. The molecule has 2 heterocycles. The minimum Gasteiger partial charge on any atom is -0.335 e. The third kappa shape index (κ3) is 3.65. The van der Waals surface area contributed by atoms with Crippen molar-refractivity contribution in [3.63, 3.8) is 0 Å². The fourth-order valence-electron chi connectivity index (χ4n) is 3.59.